The Morgan fingerprint density at radius 1 is 1.50 bits per heavy atom. The van der Waals surface area contributed by atoms with Crippen molar-refractivity contribution < 1.29 is 8.42 Å². The topological polar surface area (TPSA) is 85.1 Å². The molecule has 0 aliphatic rings. The number of hydrogen-bond acceptors (Lipinski definition) is 5. The van der Waals surface area contributed by atoms with E-state index in [9.17, 15) is 8.42 Å². The molecule has 1 aromatic rings. The molecule has 0 aliphatic heterocycles. The molecule has 0 spiro atoms. The van der Waals surface area contributed by atoms with Gasteiger partial charge in [-0.3, -0.25) is 16.3 Å². The molecular weight excluding hydrogens is 297 g/mol. The van der Waals surface area contributed by atoms with Crippen molar-refractivity contribution in [1.29, 1.82) is 0 Å². The summed E-state index contributed by atoms with van der Waals surface area (Å²) in [5.74, 6) is 5.54. The van der Waals surface area contributed by atoms with E-state index < -0.39 is 9.84 Å². The fourth-order valence-corrected chi connectivity index (χ4v) is 2.73. The predicted octanol–water partition coefficient (Wildman–Crippen LogP) is 1.72. The first-order valence-electron chi connectivity index (χ1n) is 5.28. The third-order valence-electron chi connectivity index (χ3n) is 2.38. The summed E-state index contributed by atoms with van der Waals surface area (Å²) < 4.78 is 22.1. The van der Waals surface area contributed by atoms with Crippen molar-refractivity contribution in [2.24, 2.45) is 5.84 Å². The van der Waals surface area contributed by atoms with Crippen LogP contribution in [0, 0.1) is 0 Å². The Morgan fingerprint density at radius 2 is 2.17 bits per heavy atom. The molecule has 3 N–H and O–H groups in total. The maximum absolute atomic E-state index is 11.0. The van der Waals surface area contributed by atoms with Crippen LogP contribution in [0.3, 0.4) is 0 Å². The van der Waals surface area contributed by atoms with Crippen LogP contribution in [0.25, 0.3) is 0 Å². The van der Waals surface area contributed by atoms with Crippen LogP contribution < -0.4 is 11.3 Å². The zero-order chi connectivity index (χ0) is 13.8. The van der Waals surface area contributed by atoms with Gasteiger partial charge in [-0.1, -0.05) is 23.2 Å². The van der Waals surface area contributed by atoms with Crippen molar-refractivity contribution in [3.05, 3.63) is 28.0 Å². The van der Waals surface area contributed by atoms with Gasteiger partial charge in [0, 0.05) is 18.2 Å². The first kappa shape index (κ1) is 15.7. The monoisotopic (exact) mass is 311 g/mol. The molecule has 5 nitrogen and oxygen atoms in total. The van der Waals surface area contributed by atoms with Crippen LogP contribution in [0.15, 0.2) is 12.3 Å². The van der Waals surface area contributed by atoms with Crippen LogP contribution >= 0.6 is 23.2 Å². The number of sulfone groups is 1. The van der Waals surface area contributed by atoms with Gasteiger partial charge in [0.25, 0.3) is 0 Å². The van der Waals surface area contributed by atoms with Crippen LogP contribution in [-0.4, -0.2) is 25.4 Å². The fraction of sp³-hybridized carbons (Fsp3) is 0.500. The normalized spacial score (nSPS) is 13.6. The molecule has 8 heteroatoms. The number of pyridine rings is 1. The Bertz CT molecular complexity index is 508. The Hall–Kier alpha value is -0.400. The highest BCUT2D eigenvalue weighted by atomic mass is 35.5. The Labute approximate surface area is 117 Å². The van der Waals surface area contributed by atoms with E-state index in [4.69, 9.17) is 29.0 Å². The minimum atomic E-state index is -2.97. The van der Waals surface area contributed by atoms with Crippen molar-refractivity contribution in [2.75, 3.05) is 12.0 Å². The molecule has 1 heterocycles. The highest BCUT2D eigenvalue weighted by molar-refractivity contribution is 7.90. The summed E-state index contributed by atoms with van der Waals surface area (Å²) in [5.41, 5.74) is 3.15. The minimum Gasteiger partial charge on any atom is -0.271 e. The van der Waals surface area contributed by atoms with Gasteiger partial charge in [0.1, 0.15) is 9.84 Å². The number of hydrogen-bond donors (Lipinski definition) is 2. The Kier molecular flexibility index (Phi) is 5.81. The summed E-state index contributed by atoms with van der Waals surface area (Å²) in [7, 11) is -2.97. The molecule has 18 heavy (non-hydrogen) atoms. The first-order chi connectivity index (χ1) is 8.33. The lowest BCUT2D eigenvalue weighted by Gasteiger charge is -2.16. The fourth-order valence-electron chi connectivity index (χ4n) is 1.53. The lowest BCUT2D eigenvalue weighted by atomic mass is 10.1. The van der Waals surface area contributed by atoms with Crippen LogP contribution in [0.1, 0.15) is 24.6 Å². The summed E-state index contributed by atoms with van der Waals surface area (Å²) in [6.45, 7) is 0. The van der Waals surface area contributed by atoms with Gasteiger partial charge in [0.2, 0.25) is 0 Å². The second kappa shape index (κ2) is 6.68. The number of nitrogens with zero attached hydrogens (tertiary/aromatic N) is 1. The summed E-state index contributed by atoms with van der Waals surface area (Å²) in [6.07, 6.45) is 3.68. The molecule has 0 bridgehead atoms. The Balaban J connectivity index is 2.71. The molecular formula is C10H15Cl2N3O2S. The van der Waals surface area contributed by atoms with Crippen molar-refractivity contribution >= 4 is 33.0 Å². The minimum absolute atomic E-state index is 0.108. The number of hydrazine groups is 1. The van der Waals surface area contributed by atoms with Crippen LogP contribution in [0.5, 0.6) is 0 Å². The molecule has 0 saturated carbocycles. The van der Waals surface area contributed by atoms with Gasteiger partial charge in [-0.15, -0.1) is 0 Å². The smallest absolute Gasteiger partial charge is 0.147 e. The van der Waals surface area contributed by atoms with Crippen molar-refractivity contribution in [2.45, 2.75) is 18.9 Å². The lowest BCUT2D eigenvalue weighted by Crippen LogP contribution is -2.29. The highest BCUT2D eigenvalue weighted by Gasteiger charge is 2.16. The summed E-state index contributed by atoms with van der Waals surface area (Å²) in [5, 5.41) is 0.848. The third-order valence-corrected chi connectivity index (χ3v) is 3.92. The highest BCUT2D eigenvalue weighted by Crippen LogP contribution is 2.26. The van der Waals surface area contributed by atoms with Gasteiger partial charge in [0.15, 0.2) is 0 Å². The van der Waals surface area contributed by atoms with Gasteiger partial charge in [-0.05, 0) is 18.9 Å². The molecule has 1 aromatic heterocycles. The van der Waals surface area contributed by atoms with Crippen molar-refractivity contribution in [1.82, 2.24) is 10.4 Å². The van der Waals surface area contributed by atoms with E-state index in [0.717, 1.165) is 0 Å². The maximum Gasteiger partial charge on any atom is 0.147 e. The van der Waals surface area contributed by atoms with E-state index in [-0.39, 0.29) is 11.8 Å². The van der Waals surface area contributed by atoms with E-state index in [2.05, 4.69) is 10.4 Å². The Morgan fingerprint density at radius 3 is 2.67 bits per heavy atom. The molecule has 0 aliphatic carbocycles. The maximum atomic E-state index is 11.0. The molecule has 1 rings (SSSR count). The van der Waals surface area contributed by atoms with E-state index >= 15 is 0 Å². The van der Waals surface area contributed by atoms with E-state index in [1.54, 1.807) is 6.07 Å². The van der Waals surface area contributed by atoms with Gasteiger partial charge in [0.05, 0.1) is 21.8 Å². The average Bonchev–Trinajstić information content (AvgIpc) is 2.24. The van der Waals surface area contributed by atoms with Gasteiger partial charge >= 0.3 is 0 Å². The second-order valence-corrected chi connectivity index (χ2v) is 7.12. The zero-order valence-corrected chi connectivity index (χ0v) is 12.2. The molecule has 0 amide bonds. The van der Waals surface area contributed by atoms with E-state index in [0.29, 0.717) is 28.6 Å². The van der Waals surface area contributed by atoms with Crippen LogP contribution in [-0.2, 0) is 9.84 Å². The number of rotatable bonds is 6. The number of nitrogens with one attached hydrogen (secondary N) is 1. The molecule has 0 aromatic carbocycles. The molecule has 0 fully saturated rings. The van der Waals surface area contributed by atoms with Crippen LogP contribution in [0.4, 0.5) is 0 Å². The van der Waals surface area contributed by atoms with Crippen molar-refractivity contribution in [3.8, 4) is 0 Å². The number of aromatic nitrogens is 1. The van der Waals surface area contributed by atoms with Gasteiger partial charge in [-0.2, -0.15) is 0 Å². The van der Waals surface area contributed by atoms with Gasteiger partial charge < -0.3 is 0 Å². The molecule has 1 atom stereocenters. The summed E-state index contributed by atoms with van der Waals surface area (Å²) in [6, 6.07) is 1.28. The SMILES string of the molecule is CS(=O)(=O)CCCC(NN)c1ncc(Cl)cc1Cl. The lowest BCUT2D eigenvalue weighted by molar-refractivity contribution is 0.497. The van der Waals surface area contributed by atoms with Gasteiger partial charge in [-0.25, -0.2) is 8.42 Å². The molecule has 102 valence electrons. The zero-order valence-electron chi connectivity index (χ0n) is 9.86. The van der Waals surface area contributed by atoms with E-state index in [1.165, 1.54) is 12.5 Å². The summed E-state index contributed by atoms with van der Waals surface area (Å²) in [4.78, 5) is 4.11. The molecule has 0 radical (unpaired) electrons. The third kappa shape index (κ3) is 5.07. The van der Waals surface area contributed by atoms with E-state index in [1.807, 2.05) is 0 Å². The average molecular weight is 312 g/mol. The second-order valence-electron chi connectivity index (χ2n) is 4.01. The van der Waals surface area contributed by atoms with Crippen LogP contribution in [0.2, 0.25) is 10.0 Å². The molecule has 1 unspecified atom stereocenters. The largest absolute Gasteiger partial charge is 0.271 e. The first-order valence-corrected chi connectivity index (χ1v) is 8.10. The van der Waals surface area contributed by atoms with Crippen molar-refractivity contribution in [3.63, 3.8) is 0 Å². The standard InChI is InChI=1S/C10H15Cl2N3O2S/c1-18(16,17)4-2-3-9(15-13)10-8(12)5-7(11)6-14-10/h5-6,9,15H,2-4,13H2,1H3. The summed E-state index contributed by atoms with van der Waals surface area (Å²) >= 11 is 11.8. The number of nitrogens with two attached hydrogens (primary N) is 1. The number of halogens is 2. The predicted molar refractivity (Wildman–Crippen MR) is 73.3 cm³/mol. The molecule has 0 saturated heterocycles. The quantitative estimate of drug-likeness (QED) is 0.617.